The average molecular weight is 715 g/mol. The van der Waals surface area contributed by atoms with Crippen LogP contribution in [0.25, 0.3) is 10.8 Å². The third-order valence-corrected chi connectivity index (χ3v) is 11.2. The fraction of sp³-hybridized carbons (Fsp3) is 0.525. The van der Waals surface area contributed by atoms with Crippen LogP contribution in [0.2, 0.25) is 0 Å². The summed E-state index contributed by atoms with van der Waals surface area (Å²) >= 11 is 0. The summed E-state index contributed by atoms with van der Waals surface area (Å²) in [7, 11) is 0. The number of hydrogen-bond donors (Lipinski definition) is 2. The van der Waals surface area contributed by atoms with E-state index >= 15 is 4.39 Å². The lowest BCUT2D eigenvalue weighted by Gasteiger charge is -2.38. The molecule has 1 unspecified atom stereocenters. The number of alkyl halides is 1. The number of likely N-dealkylation sites (tertiary alicyclic amines) is 1. The van der Waals surface area contributed by atoms with Crippen LogP contribution in [0, 0.1) is 24.1 Å². The predicted octanol–water partition coefficient (Wildman–Crippen LogP) is 5.29. The van der Waals surface area contributed by atoms with Gasteiger partial charge in [-0.1, -0.05) is 18.6 Å². The Morgan fingerprint density at radius 1 is 1.19 bits per heavy atom. The molecule has 0 saturated carbocycles. The summed E-state index contributed by atoms with van der Waals surface area (Å²) in [6.07, 6.45) is 11.7. The monoisotopic (exact) mass is 714 g/mol. The number of anilines is 2. The van der Waals surface area contributed by atoms with E-state index in [1.54, 1.807) is 18.2 Å². The first-order valence-electron chi connectivity index (χ1n) is 18.5. The molecule has 5 heterocycles. The van der Waals surface area contributed by atoms with Crippen LogP contribution in [0.15, 0.2) is 36.9 Å². The quantitative estimate of drug-likeness (QED) is 0.226. The number of nitrogens with one attached hydrogen (secondary N) is 1. The first-order chi connectivity index (χ1) is 25.1. The van der Waals surface area contributed by atoms with Crippen LogP contribution < -0.4 is 19.9 Å². The van der Waals surface area contributed by atoms with Gasteiger partial charge in [0.05, 0.1) is 23.3 Å². The zero-order valence-corrected chi connectivity index (χ0v) is 29.9. The van der Waals surface area contributed by atoms with Gasteiger partial charge in [0.25, 0.3) is 0 Å². The number of amides is 1. The molecule has 0 bridgehead atoms. The maximum Gasteiger partial charge on any atom is 0.318 e. The van der Waals surface area contributed by atoms with Gasteiger partial charge in [-0.15, -0.1) is 6.42 Å². The minimum absolute atomic E-state index is 0.0498. The van der Waals surface area contributed by atoms with Crippen LogP contribution in [-0.4, -0.2) is 96.2 Å². The highest BCUT2D eigenvalue weighted by Crippen LogP contribution is 2.39. The molecular formula is C40H48F2N6O4. The van der Waals surface area contributed by atoms with E-state index in [4.69, 9.17) is 25.9 Å². The van der Waals surface area contributed by atoms with E-state index in [1.165, 1.54) is 12.1 Å². The normalized spacial score (nSPS) is 24.3. The molecule has 0 spiro atoms. The van der Waals surface area contributed by atoms with Crippen molar-refractivity contribution in [1.82, 2.24) is 20.2 Å². The van der Waals surface area contributed by atoms with Gasteiger partial charge in [0, 0.05) is 81.1 Å². The lowest BCUT2D eigenvalue weighted by Crippen LogP contribution is -2.48. The second kappa shape index (κ2) is 15.2. The first kappa shape index (κ1) is 35.9. The minimum Gasteiger partial charge on any atom is -0.508 e. The van der Waals surface area contributed by atoms with Crippen LogP contribution in [-0.2, 0) is 22.5 Å². The molecule has 0 radical (unpaired) electrons. The number of phenols is 1. The molecule has 7 rings (SSSR count). The van der Waals surface area contributed by atoms with E-state index in [1.807, 2.05) is 0 Å². The van der Waals surface area contributed by atoms with Gasteiger partial charge in [0.1, 0.15) is 30.2 Å². The van der Waals surface area contributed by atoms with Gasteiger partial charge >= 0.3 is 6.01 Å². The Hall–Kier alpha value is -4.47. The number of hydrogen-bond acceptors (Lipinski definition) is 9. The Morgan fingerprint density at radius 2 is 2.02 bits per heavy atom. The van der Waals surface area contributed by atoms with Crippen molar-refractivity contribution in [2.45, 2.75) is 76.2 Å². The van der Waals surface area contributed by atoms with Gasteiger partial charge in [0.2, 0.25) is 5.91 Å². The summed E-state index contributed by atoms with van der Waals surface area (Å²) in [4.78, 5) is 28.8. The number of carbonyl (C=O) groups excluding carboxylic acids is 1. The molecule has 4 aliphatic rings. The molecule has 1 aromatic heterocycles. The number of halogens is 2. The van der Waals surface area contributed by atoms with Crippen molar-refractivity contribution in [2.24, 2.45) is 5.92 Å². The number of fused-ring (bicyclic) bond motifs is 2. The Bertz CT molecular complexity index is 1860. The molecule has 10 nitrogen and oxygen atoms in total. The standard InChI is InChI=1S/C40H48F2N6O4/c1-4-31-33(42)10-9-27-18-30(49)19-35(37(27)31)46-15-11-32-34(24-46)44-39(45-38(32)47-14-7-6-8-29(23-47)43-36(50)5-2)52-25-40(3)20-28(41)22-48(40)21-26-12-16-51-17-13-26/h1,5,9-10,18-19,26,28-29,49H,2,6-8,11-17,20-25H2,3H3,(H,43,50)/t28-,29?,40+/m1/s1. The maximum absolute atomic E-state index is 15.0. The molecule has 0 aliphatic carbocycles. The Balaban J connectivity index is 1.22. The van der Waals surface area contributed by atoms with Gasteiger partial charge in [-0.3, -0.25) is 9.69 Å². The summed E-state index contributed by atoms with van der Waals surface area (Å²) in [5, 5.41) is 15.0. The summed E-state index contributed by atoms with van der Waals surface area (Å²) in [5.41, 5.74) is 1.95. The molecule has 1 amide bonds. The molecule has 3 fully saturated rings. The number of rotatable bonds is 9. The molecule has 2 aromatic carbocycles. The average Bonchev–Trinajstić information content (AvgIpc) is 3.26. The highest BCUT2D eigenvalue weighted by atomic mass is 19.1. The lowest BCUT2D eigenvalue weighted by atomic mass is 9.95. The molecule has 4 aliphatic heterocycles. The van der Waals surface area contributed by atoms with E-state index in [2.05, 4.69) is 39.4 Å². The zero-order chi connectivity index (χ0) is 36.4. The minimum atomic E-state index is -0.948. The van der Waals surface area contributed by atoms with Crippen LogP contribution in [0.1, 0.15) is 62.3 Å². The predicted molar refractivity (Wildman–Crippen MR) is 197 cm³/mol. The second-order valence-corrected chi connectivity index (χ2v) is 15.0. The van der Waals surface area contributed by atoms with E-state index in [-0.39, 0.29) is 35.9 Å². The van der Waals surface area contributed by atoms with Gasteiger partial charge < -0.3 is 29.7 Å². The highest BCUT2D eigenvalue weighted by Gasteiger charge is 2.44. The van der Waals surface area contributed by atoms with Gasteiger partial charge in [-0.05, 0) is 75.0 Å². The van der Waals surface area contributed by atoms with E-state index < -0.39 is 17.5 Å². The number of benzene rings is 2. The smallest absolute Gasteiger partial charge is 0.318 e. The Kier molecular flexibility index (Phi) is 10.5. The number of phenolic OH excluding ortho intramolecular Hbond substituents is 1. The molecule has 2 N–H and O–H groups in total. The largest absolute Gasteiger partial charge is 0.508 e. The van der Waals surface area contributed by atoms with Crippen LogP contribution in [0.5, 0.6) is 11.8 Å². The number of aromatic hydroxyl groups is 1. The van der Waals surface area contributed by atoms with Gasteiger partial charge in [-0.25, -0.2) is 8.78 Å². The van der Waals surface area contributed by atoms with Crippen LogP contribution in [0.3, 0.4) is 0 Å². The summed E-state index contributed by atoms with van der Waals surface area (Å²) < 4.78 is 42.1. The Labute approximate surface area is 304 Å². The van der Waals surface area contributed by atoms with E-state index in [9.17, 15) is 14.3 Å². The molecule has 3 saturated heterocycles. The summed E-state index contributed by atoms with van der Waals surface area (Å²) in [6, 6.07) is 6.27. The first-order valence-corrected chi connectivity index (χ1v) is 18.5. The molecule has 3 atom stereocenters. The molecule has 276 valence electrons. The molecule has 3 aromatic rings. The summed E-state index contributed by atoms with van der Waals surface area (Å²) in [6.45, 7) is 10.7. The number of ether oxygens (including phenoxy) is 2. The lowest BCUT2D eigenvalue weighted by molar-refractivity contribution is -0.117. The SMILES string of the molecule is C#Cc1c(F)ccc2cc(O)cc(N3CCc4c(nc(OC[C@]5(C)C[C@@H](F)CN5CC5CCOCC5)nc4N4CCCCC(NC(=O)C=C)C4)C3)c12. The van der Waals surface area contributed by atoms with Gasteiger partial charge in [0.15, 0.2) is 0 Å². The third kappa shape index (κ3) is 7.53. The maximum atomic E-state index is 15.0. The number of terminal acetylenes is 1. The Morgan fingerprint density at radius 3 is 2.81 bits per heavy atom. The topological polar surface area (TPSA) is 103 Å². The van der Waals surface area contributed by atoms with Crippen molar-refractivity contribution in [3.63, 3.8) is 0 Å². The molecule has 12 heteroatoms. The van der Waals surface area contributed by atoms with Gasteiger partial charge in [-0.2, -0.15) is 9.97 Å². The molecule has 52 heavy (non-hydrogen) atoms. The fourth-order valence-corrected chi connectivity index (χ4v) is 8.46. The second-order valence-electron chi connectivity index (χ2n) is 15.0. The van der Waals surface area contributed by atoms with E-state index in [0.29, 0.717) is 61.4 Å². The van der Waals surface area contributed by atoms with Crippen molar-refractivity contribution in [1.29, 1.82) is 0 Å². The van der Waals surface area contributed by atoms with Crippen molar-refractivity contribution < 1.29 is 28.2 Å². The van der Waals surface area contributed by atoms with E-state index in [0.717, 1.165) is 75.5 Å². The highest BCUT2D eigenvalue weighted by molar-refractivity contribution is 6.00. The molecular weight excluding hydrogens is 666 g/mol. The fourth-order valence-electron chi connectivity index (χ4n) is 8.46. The van der Waals surface area contributed by atoms with Crippen molar-refractivity contribution in [2.75, 3.05) is 62.3 Å². The van der Waals surface area contributed by atoms with Crippen LogP contribution >= 0.6 is 0 Å². The van der Waals surface area contributed by atoms with Crippen molar-refractivity contribution >= 4 is 28.2 Å². The summed E-state index contributed by atoms with van der Waals surface area (Å²) in [5.74, 6) is 3.07. The van der Waals surface area contributed by atoms with Crippen molar-refractivity contribution in [3.05, 3.63) is 59.6 Å². The zero-order valence-electron chi connectivity index (χ0n) is 29.9. The third-order valence-electron chi connectivity index (χ3n) is 11.2. The van der Waals surface area contributed by atoms with Crippen molar-refractivity contribution in [3.8, 4) is 24.1 Å². The number of aromatic nitrogens is 2. The van der Waals surface area contributed by atoms with Crippen LogP contribution in [0.4, 0.5) is 20.3 Å². The number of nitrogens with zero attached hydrogens (tertiary/aromatic N) is 5. The number of carbonyl (C=O) groups is 1.